The van der Waals surface area contributed by atoms with Crippen molar-refractivity contribution in [1.29, 1.82) is 0 Å². The second-order valence-corrected chi connectivity index (χ2v) is 7.11. The second kappa shape index (κ2) is 7.94. The Morgan fingerprint density at radius 3 is 2.54 bits per heavy atom. The topological polar surface area (TPSA) is 37.4 Å². The molecule has 0 amide bonds. The molecule has 1 heterocycles. The molecule has 1 atom stereocenters. The van der Waals surface area contributed by atoms with Crippen molar-refractivity contribution in [2.75, 3.05) is 33.1 Å². The number of aromatic nitrogens is 1. The molecule has 0 spiro atoms. The lowest BCUT2D eigenvalue weighted by atomic mass is 10.0. The maximum absolute atomic E-state index is 6.06. The standard InChI is InChI=1S/C21H24ClN3O/c1-14-12-18(17-6-5-7-20(26-4)21(17)23-14)24-19(13-25(2)3)15-8-10-16(22)11-9-15/h5-12,19H,13H2,1-4H3,(H,23,24)/t19-/m1/s1. The van der Waals surface area contributed by atoms with Crippen LogP contribution in [0.15, 0.2) is 48.5 Å². The Morgan fingerprint density at radius 2 is 1.88 bits per heavy atom. The molecule has 0 radical (unpaired) electrons. The summed E-state index contributed by atoms with van der Waals surface area (Å²) in [5.74, 6) is 0.782. The second-order valence-electron chi connectivity index (χ2n) is 6.68. The van der Waals surface area contributed by atoms with Crippen LogP contribution < -0.4 is 10.1 Å². The quantitative estimate of drug-likeness (QED) is 0.669. The van der Waals surface area contributed by atoms with Crippen LogP contribution in [0.25, 0.3) is 10.9 Å². The molecule has 0 bridgehead atoms. The molecule has 3 aromatic rings. The van der Waals surface area contributed by atoms with Crippen molar-refractivity contribution in [1.82, 2.24) is 9.88 Å². The summed E-state index contributed by atoms with van der Waals surface area (Å²) < 4.78 is 5.49. The normalized spacial score (nSPS) is 12.4. The Kier molecular flexibility index (Phi) is 5.64. The maximum atomic E-state index is 6.06. The van der Waals surface area contributed by atoms with Gasteiger partial charge in [0.15, 0.2) is 0 Å². The zero-order valence-corrected chi connectivity index (χ0v) is 16.3. The van der Waals surface area contributed by atoms with Gasteiger partial charge in [-0.2, -0.15) is 0 Å². The molecular formula is C21H24ClN3O. The minimum absolute atomic E-state index is 0.124. The van der Waals surface area contributed by atoms with E-state index in [1.165, 1.54) is 5.56 Å². The molecule has 0 fully saturated rings. The third-order valence-electron chi connectivity index (χ3n) is 4.30. The minimum atomic E-state index is 0.124. The number of nitrogens with zero attached hydrogens (tertiary/aromatic N) is 2. The molecule has 4 nitrogen and oxygen atoms in total. The predicted molar refractivity (Wildman–Crippen MR) is 109 cm³/mol. The largest absolute Gasteiger partial charge is 0.494 e. The smallest absolute Gasteiger partial charge is 0.145 e. The van der Waals surface area contributed by atoms with Crippen LogP contribution in [-0.4, -0.2) is 37.6 Å². The van der Waals surface area contributed by atoms with Gasteiger partial charge in [-0.05, 0) is 50.8 Å². The molecule has 5 heteroatoms. The lowest BCUT2D eigenvalue weighted by Gasteiger charge is -2.25. The van der Waals surface area contributed by atoms with E-state index in [1.807, 2.05) is 31.2 Å². The number of hydrogen-bond donors (Lipinski definition) is 1. The van der Waals surface area contributed by atoms with E-state index in [0.29, 0.717) is 0 Å². The van der Waals surface area contributed by atoms with Crippen LogP contribution in [0.5, 0.6) is 5.75 Å². The molecular weight excluding hydrogens is 346 g/mol. The zero-order valence-electron chi connectivity index (χ0n) is 15.6. The van der Waals surface area contributed by atoms with Crippen LogP contribution in [0.3, 0.4) is 0 Å². The molecule has 0 aliphatic rings. The number of aryl methyl sites for hydroxylation is 1. The molecule has 0 aliphatic heterocycles. The van der Waals surface area contributed by atoms with E-state index < -0.39 is 0 Å². The number of nitrogens with one attached hydrogen (secondary N) is 1. The Hall–Kier alpha value is -2.30. The van der Waals surface area contributed by atoms with E-state index >= 15 is 0 Å². The fraction of sp³-hybridized carbons (Fsp3) is 0.286. The SMILES string of the molecule is COc1cccc2c(N[C@H](CN(C)C)c3ccc(Cl)cc3)cc(C)nc12. The first kappa shape index (κ1) is 18.5. The zero-order chi connectivity index (χ0) is 18.7. The molecule has 1 aromatic heterocycles. The highest BCUT2D eigenvalue weighted by molar-refractivity contribution is 6.30. The van der Waals surface area contributed by atoms with Gasteiger partial charge in [0.05, 0.1) is 13.2 Å². The lowest BCUT2D eigenvalue weighted by Crippen LogP contribution is -2.25. The van der Waals surface area contributed by atoms with Crippen molar-refractivity contribution in [2.45, 2.75) is 13.0 Å². The summed E-state index contributed by atoms with van der Waals surface area (Å²) in [6.45, 7) is 2.86. The van der Waals surface area contributed by atoms with Crippen molar-refractivity contribution in [3.63, 3.8) is 0 Å². The van der Waals surface area contributed by atoms with Gasteiger partial charge in [-0.3, -0.25) is 0 Å². The van der Waals surface area contributed by atoms with Crippen LogP contribution in [-0.2, 0) is 0 Å². The number of para-hydroxylation sites is 1. The fourth-order valence-electron chi connectivity index (χ4n) is 3.12. The average Bonchev–Trinajstić information content (AvgIpc) is 2.61. The number of likely N-dealkylation sites (N-methyl/N-ethyl adjacent to an activating group) is 1. The lowest BCUT2D eigenvalue weighted by molar-refractivity contribution is 0.387. The van der Waals surface area contributed by atoms with Gasteiger partial charge in [-0.25, -0.2) is 4.98 Å². The van der Waals surface area contributed by atoms with Gasteiger partial charge in [-0.15, -0.1) is 0 Å². The third kappa shape index (κ3) is 4.09. The van der Waals surface area contributed by atoms with Crippen molar-refractivity contribution < 1.29 is 4.74 Å². The van der Waals surface area contributed by atoms with Gasteiger partial charge in [-0.1, -0.05) is 35.9 Å². The van der Waals surface area contributed by atoms with E-state index in [9.17, 15) is 0 Å². The summed E-state index contributed by atoms with van der Waals surface area (Å²) in [7, 11) is 5.82. The van der Waals surface area contributed by atoms with Crippen molar-refractivity contribution >= 4 is 28.2 Å². The van der Waals surface area contributed by atoms with Crippen molar-refractivity contribution in [2.24, 2.45) is 0 Å². The summed E-state index contributed by atoms with van der Waals surface area (Å²) in [6, 6.07) is 16.2. The number of ether oxygens (including phenoxy) is 1. The number of fused-ring (bicyclic) bond motifs is 1. The van der Waals surface area contributed by atoms with Gasteiger partial charge in [0.25, 0.3) is 0 Å². The minimum Gasteiger partial charge on any atom is -0.494 e. The van der Waals surface area contributed by atoms with Crippen LogP contribution >= 0.6 is 11.6 Å². The van der Waals surface area contributed by atoms with E-state index in [0.717, 1.165) is 39.6 Å². The summed E-state index contributed by atoms with van der Waals surface area (Å²) in [5, 5.41) is 5.49. The summed E-state index contributed by atoms with van der Waals surface area (Å²) in [6.07, 6.45) is 0. The molecule has 2 aromatic carbocycles. The molecule has 0 saturated heterocycles. The van der Waals surface area contributed by atoms with Crippen molar-refractivity contribution in [3.8, 4) is 5.75 Å². The van der Waals surface area contributed by atoms with Gasteiger partial charge in [0.1, 0.15) is 11.3 Å². The molecule has 136 valence electrons. The van der Waals surface area contributed by atoms with Crippen LogP contribution in [0.4, 0.5) is 5.69 Å². The van der Waals surface area contributed by atoms with E-state index in [4.69, 9.17) is 16.3 Å². The molecule has 0 unspecified atom stereocenters. The number of rotatable bonds is 6. The van der Waals surface area contributed by atoms with Gasteiger partial charge in [0, 0.05) is 28.3 Å². The highest BCUT2D eigenvalue weighted by atomic mass is 35.5. The Balaban J connectivity index is 2.04. The van der Waals surface area contributed by atoms with Crippen molar-refractivity contribution in [3.05, 3.63) is 64.8 Å². The number of halogens is 1. The highest BCUT2D eigenvalue weighted by Crippen LogP contribution is 2.32. The monoisotopic (exact) mass is 369 g/mol. The van der Waals surface area contributed by atoms with Crippen LogP contribution in [0.2, 0.25) is 5.02 Å². The van der Waals surface area contributed by atoms with Gasteiger partial charge >= 0.3 is 0 Å². The Morgan fingerprint density at radius 1 is 1.15 bits per heavy atom. The van der Waals surface area contributed by atoms with E-state index in [2.05, 4.69) is 53.6 Å². The number of hydrogen-bond acceptors (Lipinski definition) is 4. The van der Waals surface area contributed by atoms with E-state index in [1.54, 1.807) is 7.11 Å². The summed E-state index contributed by atoms with van der Waals surface area (Å²) >= 11 is 6.06. The number of methoxy groups -OCH3 is 1. The van der Waals surface area contributed by atoms with Crippen LogP contribution in [0.1, 0.15) is 17.3 Å². The fourth-order valence-corrected chi connectivity index (χ4v) is 3.24. The van der Waals surface area contributed by atoms with Gasteiger partial charge < -0.3 is 15.0 Å². The maximum Gasteiger partial charge on any atom is 0.145 e. The van der Waals surface area contributed by atoms with E-state index in [-0.39, 0.29) is 6.04 Å². The third-order valence-corrected chi connectivity index (χ3v) is 4.55. The molecule has 0 aliphatic carbocycles. The predicted octanol–water partition coefficient (Wildman–Crippen LogP) is 4.92. The van der Waals surface area contributed by atoms with Crippen LogP contribution in [0, 0.1) is 6.92 Å². The molecule has 26 heavy (non-hydrogen) atoms. The van der Waals surface area contributed by atoms with Gasteiger partial charge in [0.2, 0.25) is 0 Å². The highest BCUT2D eigenvalue weighted by Gasteiger charge is 2.16. The Bertz CT molecular complexity index is 894. The molecule has 3 rings (SSSR count). The molecule has 0 saturated carbocycles. The summed E-state index contributed by atoms with van der Waals surface area (Å²) in [5.41, 5.74) is 4.06. The number of anilines is 1. The number of benzene rings is 2. The molecule has 1 N–H and O–H groups in total. The first-order valence-corrected chi connectivity index (χ1v) is 8.97. The number of pyridine rings is 1. The Labute approximate surface area is 159 Å². The average molecular weight is 370 g/mol. The first-order chi connectivity index (χ1) is 12.5. The summed E-state index contributed by atoms with van der Waals surface area (Å²) in [4.78, 5) is 6.84. The first-order valence-electron chi connectivity index (χ1n) is 8.59.